The molecule has 0 aromatic carbocycles. The topological polar surface area (TPSA) is 39.2 Å². The third-order valence-corrected chi connectivity index (χ3v) is 2.72. The molecule has 1 heterocycles. The summed E-state index contributed by atoms with van der Waals surface area (Å²) in [6.07, 6.45) is -9.94. The highest BCUT2D eigenvalue weighted by Crippen LogP contribution is 2.36. The van der Waals surface area contributed by atoms with Crippen LogP contribution in [-0.4, -0.2) is 17.6 Å². The molecule has 10 heteroatoms. The van der Waals surface area contributed by atoms with Crippen molar-refractivity contribution in [1.29, 1.82) is 0 Å². The number of ether oxygens (including phenoxy) is 1. The Morgan fingerprint density at radius 2 is 1.78 bits per heavy atom. The first-order valence-electron chi connectivity index (χ1n) is 4.03. The van der Waals surface area contributed by atoms with Crippen molar-refractivity contribution in [2.24, 2.45) is 0 Å². The van der Waals surface area contributed by atoms with Gasteiger partial charge in [0.1, 0.15) is 0 Å². The van der Waals surface area contributed by atoms with Crippen molar-refractivity contribution in [1.82, 2.24) is 4.98 Å². The van der Waals surface area contributed by atoms with Gasteiger partial charge in [-0.15, -0.1) is 13.2 Å². The molecular formula is C8H2F6INO2. The van der Waals surface area contributed by atoms with Gasteiger partial charge in [-0.1, -0.05) is 0 Å². The molecular weight excluding hydrogens is 383 g/mol. The van der Waals surface area contributed by atoms with E-state index in [9.17, 15) is 31.1 Å². The maximum absolute atomic E-state index is 12.4. The van der Waals surface area contributed by atoms with Gasteiger partial charge in [-0.2, -0.15) is 13.2 Å². The van der Waals surface area contributed by atoms with Crippen molar-refractivity contribution in [3.05, 3.63) is 21.0 Å². The molecule has 1 aromatic heterocycles. The minimum atomic E-state index is -5.12. The Labute approximate surface area is 109 Å². The fourth-order valence-electron chi connectivity index (χ4n) is 0.999. The summed E-state index contributed by atoms with van der Waals surface area (Å²) in [5.41, 5.74) is -2.30. The van der Waals surface area contributed by atoms with Crippen LogP contribution in [-0.2, 0) is 6.18 Å². The summed E-state index contributed by atoms with van der Waals surface area (Å²) in [4.78, 5) is 13.4. The van der Waals surface area contributed by atoms with Gasteiger partial charge in [0.05, 0.1) is 15.3 Å². The van der Waals surface area contributed by atoms with Crippen molar-refractivity contribution < 1.29 is 35.9 Å². The van der Waals surface area contributed by atoms with E-state index >= 15 is 0 Å². The number of halogens is 7. The number of carbonyl (C=O) groups excluding carboxylic acids is 1. The molecule has 0 bridgehead atoms. The predicted molar refractivity (Wildman–Crippen MR) is 54.0 cm³/mol. The van der Waals surface area contributed by atoms with E-state index < -0.39 is 33.1 Å². The van der Waals surface area contributed by atoms with Crippen LogP contribution in [0.25, 0.3) is 0 Å². The first-order valence-corrected chi connectivity index (χ1v) is 5.10. The van der Waals surface area contributed by atoms with Crippen LogP contribution < -0.4 is 4.74 Å². The minimum Gasteiger partial charge on any atom is -0.403 e. The van der Waals surface area contributed by atoms with Crippen LogP contribution in [0.1, 0.15) is 16.1 Å². The molecule has 1 aromatic rings. The van der Waals surface area contributed by atoms with Gasteiger partial charge < -0.3 is 4.74 Å². The Hall–Kier alpha value is -1.07. The third-order valence-electron chi connectivity index (χ3n) is 1.63. The Morgan fingerprint density at radius 1 is 1.22 bits per heavy atom. The number of pyridine rings is 1. The van der Waals surface area contributed by atoms with Crippen LogP contribution in [0.4, 0.5) is 26.3 Å². The zero-order valence-corrected chi connectivity index (χ0v) is 10.2. The van der Waals surface area contributed by atoms with Crippen molar-refractivity contribution in [3.63, 3.8) is 0 Å². The summed E-state index contributed by atoms with van der Waals surface area (Å²) >= 11 is 1.08. The van der Waals surface area contributed by atoms with Gasteiger partial charge in [0, 0.05) is 0 Å². The number of hydrogen-bond donors (Lipinski definition) is 0. The zero-order valence-electron chi connectivity index (χ0n) is 8.06. The first kappa shape index (κ1) is 15.0. The minimum absolute atomic E-state index is 0.153. The van der Waals surface area contributed by atoms with E-state index in [2.05, 4.69) is 9.72 Å². The largest absolute Gasteiger partial charge is 0.573 e. The van der Waals surface area contributed by atoms with Gasteiger partial charge in [0.25, 0.3) is 0 Å². The summed E-state index contributed by atoms with van der Waals surface area (Å²) in [5, 5.41) is 0. The molecule has 0 saturated heterocycles. The van der Waals surface area contributed by atoms with E-state index in [4.69, 9.17) is 0 Å². The summed E-state index contributed by atoms with van der Waals surface area (Å²) in [7, 11) is 0. The van der Waals surface area contributed by atoms with Crippen LogP contribution in [0.15, 0.2) is 6.20 Å². The highest BCUT2D eigenvalue weighted by atomic mass is 127. The molecule has 0 unspecified atom stereocenters. The van der Waals surface area contributed by atoms with Crippen LogP contribution in [0, 0.1) is 3.57 Å². The lowest BCUT2D eigenvalue weighted by atomic mass is 10.2. The molecule has 0 N–H and O–H groups in total. The van der Waals surface area contributed by atoms with Crippen molar-refractivity contribution in [2.45, 2.75) is 12.5 Å². The zero-order chi connectivity index (χ0) is 14.1. The van der Waals surface area contributed by atoms with Crippen molar-refractivity contribution >= 4 is 28.9 Å². The molecule has 0 spiro atoms. The normalized spacial score (nSPS) is 12.4. The molecule has 100 valence electrons. The van der Waals surface area contributed by atoms with E-state index in [1.165, 1.54) is 0 Å². The van der Waals surface area contributed by atoms with E-state index in [1.807, 2.05) is 0 Å². The van der Waals surface area contributed by atoms with E-state index in [0.29, 0.717) is 0 Å². The molecule has 18 heavy (non-hydrogen) atoms. The molecule has 3 nitrogen and oxygen atoms in total. The average molecular weight is 385 g/mol. The van der Waals surface area contributed by atoms with E-state index in [1.54, 1.807) is 0 Å². The maximum atomic E-state index is 12.4. The van der Waals surface area contributed by atoms with Crippen molar-refractivity contribution in [2.75, 3.05) is 0 Å². The molecule has 0 fully saturated rings. The quantitative estimate of drug-likeness (QED) is 0.445. The van der Waals surface area contributed by atoms with Crippen LogP contribution in [0.3, 0.4) is 0 Å². The highest BCUT2D eigenvalue weighted by Gasteiger charge is 2.38. The number of hydrogen-bond acceptors (Lipinski definition) is 3. The molecule has 0 aliphatic heterocycles. The first-order chi connectivity index (χ1) is 8.06. The number of rotatable bonds is 2. The Kier molecular flexibility index (Phi) is 4.08. The number of carbonyl (C=O) groups is 1. The summed E-state index contributed by atoms with van der Waals surface area (Å²) in [5.74, 6) is -1.07. The van der Waals surface area contributed by atoms with Crippen LogP contribution in [0.5, 0.6) is 5.75 Å². The number of aromatic nitrogens is 1. The SMILES string of the molecule is O=Cc1c(OC(F)(F)F)cnc(C(F)(F)F)c1I. The van der Waals surface area contributed by atoms with Gasteiger partial charge in [0.2, 0.25) is 0 Å². The monoisotopic (exact) mass is 385 g/mol. The molecule has 0 radical (unpaired) electrons. The summed E-state index contributed by atoms with van der Waals surface area (Å²) in [6, 6.07) is 0. The van der Waals surface area contributed by atoms with Gasteiger partial charge >= 0.3 is 12.5 Å². The smallest absolute Gasteiger partial charge is 0.403 e. The average Bonchev–Trinajstić information content (AvgIpc) is 2.13. The highest BCUT2D eigenvalue weighted by molar-refractivity contribution is 14.1. The van der Waals surface area contributed by atoms with Crippen LogP contribution >= 0.6 is 22.6 Å². The number of nitrogens with zero attached hydrogens (tertiary/aromatic N) is 1. The van der Waals surface area contributed by atoms with E-state index in [-0.39, 0.29) is 12.5 Å². The van der Waals surface area contributed by atoms with Gasteiger partial charge in [-0.05, 0) is 22.6 Å². The molecule has 0 amide bonds. The molecule has 0 aliphatic carbocycles. The standard InChI is InChI=1S/C8H2F6INO2/c9-7(10,11)6-5(15)3(2-17)4(1-16-6)18-8(12,13)14/h1-2H. The number of aldehydes is 1. The van der Waals surface area contributed by atoms with E-state index in [0.717, 1.165) is 22.6 Å². The second kappa shape index (κ2) is 4.90. The lowest BCUT2D eigenvalue weighted by Crippen LogP contribution is -2.20. The second-order valence-corrected chi connectivity index (χ2v) is 3.94. The van der Waals surface area contributed by atoms with Crippen LogP contribution in [0.2, 0.25) is 0 Å². The lowest BCUT2D eigenvalue weighted by Gasteiger charge is -2.14. The van der Waals surface area contributed by atoms with Gasteiger partial charge in [0.15, 0.2) is 17.7 Å². The third kappa shape index (κ3) is 3.46. The Balaban J connectivity index is 3.34. The Bertz CT molecular complexity index is 470. The fourth-order valence-corrected chi connectivity index (χ4v) is 1.84. The predicted octanol–water partition coefficient (Wildman–Crippen LogP) is 3.42. The maximum Gasteiger partial charge on any atom is 0.573 e. The van der Waals surface area contributed by atoms with Crippen molar-refractivity contribution in [3.8, 4) is 5.75 Å². The fraction of sp³-hybridized carbons (Fsp3) is 0.250. The molecule has 0 atom stereocenters. The number of alkyl halides is 6. The summed E-state index contributed by atoms with van der Waals surface area (Å²) in [6.45, 7) is 0. The van der Waals surface area contributed by atoms with Gasteiger partial charge in [-0.3, -0.25) is 4.79 Å². The molecule has 0 aliphatic rings. The molecule has 1 rings (SSSR count). The summed E-state index contributed by atoms with van der Waals surface area (Å²) < 4.78 is 75.6. The molecule has 0 saturated carbocycles. The Morgan fingerprint density at radius 3 is 2.17 bits per heavy atom. The van der Waals surface area contributed by atoms with Gasteiger partial charge in [-0.25, -0.2) is 4.98 Å². The lowest BCUT2D eigenvalue weighted by molar-refractivity contribution is -0.274. The second-order valence-electron chi connectivity index (χ2n) is 2.86.